The molecule has 0 fully saturated rings. The zero-order chi connectivity index (χ0) is 21.9. The number of benzene rings is 2. The van der Waals surface area contributed by atoms with Crippen molar-refractivity contribution in [1.29, 1.82) is 0 Å². The topological polar surface area (TPSA) is 85.5 Å². The van der Waals surface area contributed by atoms with Gasteiger partial charge < -0.3 is 9.26 Å². The number of hydrogen-bond acceptors (Lipinski definition) is 6. The predicted molar refractivity (Wildman–Crippen MR) is 115 cm³/mol. The van der Waals surface area contributed by atoms with Crippen molar-refractivity contribution in [2.45, 2.75) is 44.7 Å². The monoisotopic (exact) mass is 449 g/mol. The Bertz CT molecular complexity index is 1110. The lowest BCUT2D eigenvalue weighted by Gasteiger charge is -2.27. The second-order valence-electron chi connectivity index (χ2n) is 6.98. The highest BCUT2D eigenvalue weighted by molar-refractivity contribution is 7.89. The Hall–Kier alpha value is -2.42. The highest BCUT2D eigenvalue weighted by Crippen LogP contribution is 2.32. The molecule has 160 valence electrons. The van der Waals surface area contributed by atoms with Crippen LogP contribution in [0.3, 0.4) is 0 Å². The molecule has 1 aromatic heterocycles. The molecule has 0 bridgehead atoms. The van der Waals surface area contributed by atoms with Gasteiger partial charge in [0.1, 0.15) is 10.6 Å². The maximum atomic E-state index is 13.5. The van der Waals surface area contributed by atoms with Gasteiger partial charge >= 0.3 is 0 Å². The molecule has 1 heterocycles. The quantitative estimate of drug-likeness (QED) is 0.495. The molecule has 0 radical (unpaired) electrons. The summed E-state index contributed by atoms with van der Waals surface area (Å²) in [5.74, 6) is 0.834. The first-order valence-electron chi connectivity index (χ1n) is 9.51. The molecule has 1 atom stereocenters. The number of sulfonamides is 1. The van der Waals surface area contributed by atoms with Gasteiger partial charge in [0, 0.05) is 16.6 Å². The normalized spacial score (nSPS) is 12.9. The Balaban J connectivity index is 1.96. The number of hydrogen-bond donors (Lipinski definition) is 0. The molecule has 30 heavy (non-hydrogen) atoms. The van der Waals surface area contributed by atoms with Crippen molar-refractivity contribution in [3.8, 4) is 17.1 Å². The summed E-state index contributed by atoms with van der Waals surface area (Å²) in [4.78, 5) is 4.39. The molecule has 0 saturated heterocycles. The fraction of sp³-hybridized carbons (Fsp3) is 0.333. The van der Waals surface area contributed by atoms with Gasteiger partial charge in [-0.15, -0.1) is 0 Å². The van der Waals surface area contributed by atoms with Crippen LogP contribution in [0.2, 0.25) is 5.02 Å². The predicted octanol–water partition coefficient (Wildman–Crippen LogP) is 4.70. The van der Waals surface area contributed by atoms with Crippen molar-refractivity contribution < 1.29 is 17.7 Å². The molecular weight excluding hydrogens is 426 g/mol. The van der Waals surface area contributed by atoms with Crippen LogP contribution in [0.4, 0.5) is 0 Å². The first-order chi connectivity index (χ1) is 14.3. The molecule has 2 aromatic carbocycles. The maximum Gasteiger partial charge on any atom is 0.247 e. The van der Waals surface area contributed by atoms with E-state index in [1.807, 2.05) is 45.0 Å². The van der Waals surface area contributed by atoms with Crippen LogP contribution in [0, 0.1) is 6.92 Å². The van der Waals surface area contributed by atoms with E-state index in [0.717, 1.165) is 11.1 Å². The highest BCUT2D eigenvalue weighted by Gasteiger charge is 2.33. The number of halogens is 1. The molecule has 0 aliphatic carbocycles. The summed E-state index contributed by atoms with van der Waals surface area (Å²) >= 11 is 6.06. The van der Waals surface area contributed by atoms with Crippen LogP contribution in [0.25, 0.3) is 11.4 Å². The van der Waals surface area contributed by atoms with Crippen molar-refractivity contribution in [3.05, 3.63) is 58.9 Å². The third-order valence-corrected chi connectivity index (χ3v) is 7.08. The summed E-state index contributed by atoms with van der Waals surface area (Å²) < 4.78 is 38.9. The van der Waals surface area contributed by atoms with Crippen LogP contribution in [-0.2, 0) is 16.6 Å². The van der Waals surface area contributed by atoms with Crippen molar-refractivity contribution in [3.63, 3.8) is 0 Å². The minimum atomic E-state index is -3.94. The van der Waals surface area contributed by atoms with Gasteiger partial charge in [0.2, 0.25) is 21.7 Å². The zero-order valence-electron chi connectivity index (χ0n) is 17.3. The van der Waals surface area contributed by atoms with Crippen molar-refractivity contribution in [2.24, 2.45) is 0 Å². The molecule has 3 aromatic rings. The van der Waals surface area contributed by atoms with E-state index in [0.29, 0.717) is 17.3 Å². The standard InChI is InChI=1S/C21H24ClN3O4S/c1-5-15(3)25(30(26,27)19-12-17(22)10-11-18(19)28-4)13-20-23-21(24-29-20)16-8-6-14(2)7-9-16/h6-12,15H,5,13H2,1-4H3/t15-/m0/s1. The Kier molecular flexibility index (Phi) is 6.80. The van der Waals surface area contributed by atoms with E-state index in [-0.39, 0.29) is 29.1 Å². The Morgan fingerprint density at radius 3 is 2.53 bits per heavy atom. The first kappa shape index (κ1) is 22.3. The lowest BCUT2D eigenvalue weighted by Crippen LogP contribution is -2.38. The van der Waals surface area contributed by atoms with Gasteiger partial charge in [-0.05, 0) is 38.5 Å². The van der Waals surface area contributed by atoms with Gasteiger partial charge in [-0.25, -0.2) is 8.42 Å². The largest absolute Gasteiger partial charge is 0.495 e. The third-order valence-electron chi connectivity index (χ3n) is 4.86. The summed E-state index contributed by atoms with van der Waals surface area (Å²) in [6, 6.07) is 11.9. The minimum Gasteiger partial charge on any atom is -0.495 e. The molecule has 0 N–H and O–H groups in total. The van der Waals surface area contributed by atoms with Gasteiger partial charge in [-0.3, -0.25) is 0 Å². The van der Waals surface area contributed by atoms with Crippen molar-refractivity contribution >= 4 is 21.6 Å². The molecular formula is C21H24ClN3O4S. The number of ether oxygens (including phenoxy) is 1. The van der Waals surface area contributed by atoms with E-state index in [9.17, 15) is 8.42 Å². The molecule has 0 spiro atoms. The second-order valence-corrected chi connectivity index (χ2v) is 9.28. The second kappa shape index (κ2) is 9.16. The van der Waals surface area contributed by atoms with E-state index in [1.54, 1.807) is 6.07 Å². The van der Waals surface area contributed by atoms with E-state index in [1.165, 1.54) is 23.5 Å². The summed E-state index contributed by atoms with van der Waals surface area (Å²) in [7, 11) is -2.52. The van der Waals surface area contributed by atoms with E-state index >= 15 is 0 Å². The highest BCUT2D eigenvalue weighted by atomic mass is 35.5. The fourth-order valence-corrected chi connectivity index (χ4v) is 5.01. The van der Waals surface area contributed by atoms with Crippen LogP contribution in [0.15, 0.2) is 51.9 Å². The molecule has 0 aliphatic rings. The molecule has 3 rings (SSSR count). The smallest absolute Gasteiger partial charge is 0.247 e. The summed E-state index contributed by atoms with van der Waals surface area (Å²) in [5.41, 5.74) is 1.91. The maximum absolute atomic E-state index is 13.5. The summed E-state index contributed by atoms with van der Waals surface area (Å²) in [6.07, 6.45) is 0.598. The van der Waals surface area contributed by atoms with Crippen LogP contribution in [0.1, 0.15) is 31.7 Å². The number of aromatic nitrogens is 2. The third kappa shape index (κ3) is 4.66. The molecule has 0 saturated carbocycles. The Morgan fingerprint density at radius 2 is 1.90 bits per heavy atom. The van der Waals surface area contributed by atoms with Crippen molar-refractivity contribution in [1.82, 2.24) is 14.4 Å². The van der Waals surface area contributed by atoms with Gasteiger partial charge in [0.25, 0.3) is 0 Å². The number of methoxy groups -OCH3 is 1. The van der Waals surface area contributed by atoms with Crippen LogP contribution < -0.4 is 4.74 Å². The van der Waals surface area contributed by atoms with Crippen molar-refractivity contribution in [2.75, 3.05) is 7.11 Å². The number of aryl methyl sites for hydroxylation is 1. The molecule has 9 heteroatoms. The Labute approximate surface area is 181 Å². The van der Waals surface area contributed by atoms with E-state index in [4.69, 9.17) is 20.9 Å². The van der Waals surface area contributed by atoms with Crippen LogP contribution >= 0.6 is 11.6 Å². The van der Waals surface area contributed by atoms with E-state index in [2.05, 4.69) is 10.1 Å². The fourth-order valence-electron chi connectivity index (χ4n) is 2.93. The summed E-state index contributed by atoms with van der Waals surface area (Å²) in [6.45, 7) is 5.66. The van der Waals surface area contributed by atoms with Crippen LogP contribution in [0.5, 0.6) is 5.75 Å². The average Bonchev–Trinajstić information content (AvgIpc) is 3.20. The molecule has 0 unspecified atom stereocenters. The summed E-state index contributed by atoms with van der Waals surface area (Å²) in [5, 5.41) is 4.31. The number of rotatable bonds is 8. The van der Waals surface area contributed by atoms with Gasteiger partial charge in [0.15, 0.2) is 0 Å². The van der Waals surface area contributed by atoms with Gasteiger partial charge in [0.05, 0.1) is 13.7 Å². The Morgan fingerprint density at radius 1 is 1.20 bits per heavy atom. The average molecular weight is 450 g/mol. The SMILES string of the molecule is CC[C@H](C)N(Cc1nc(-c2ccc(C)cc2)no1)S(=O)(=O)c1cc(Cl)ccc1OC. The van der Waals surface area contributed by atoms with Gasteiger partial charge in [-0.1, -0.05) is 53.5 Å². The number of nitrogens with zero attached hydrogens (tertiary/aromatic N) is 3. The molecule has 0 amide bonds. The van der Waals surface area contributed by atoms with E-state index < -0.39 is 10.0 Å². The lowest BCUT2D eigenvalue weighted by atomic mass is 10.1. The minimum absolute atomic E-state index is 0.00364. The molecule has 0 aliphatic heterocycles. The van der Waals surface area contributed by atoms with Gasteiger partial charge in [-0.2, -0.15) is 9.29 Å². The first-order valence-corrected chi connectivity index (χ1v) is 11.3. The molecule has 7 nitrogen and oxygen atoms in total. The lowest BCUT2D eigenvalue weighted by molar-refractivity contribution is 0.271. The van der Waals surface area contributed by atoms with Crippen LogP contribution in [-0.4, -0.2) is 36.0 Å². The zero-order valence-corrected chi connectivity index (χ0v) is 18.9.